The van der Waals surface area contributed by atoms with Crippen LogP contribution < -0.4 is 10.6 Å². The Hall–Kier alpha value is -4.74. The van der Waals surface area contributed by atoms with Gasteiger partial charge in [0.2, 0.25) is 23.6 Å². The number of benzene rings is 2. The minimum absolute atomic E-state index is 0.00493. The molecule has 1 aliphatic heterocycles. The highest BCUT2D eigenvalue weighted by Gasteiger charge is 2.43. The van der Waals surface area contributed by atoms with Crippen molar-refractivity contribution in [3.8, 4) is 0 Å². The van der Waals surface area contributed by atoms with Crippen LogP contribution in [0.15, 0.2) is 59.8 Å². The summed E-state index contributed by atoms with van der Waals surface area (Å²) in [5.41, 5.74) is 3.99. The van der Waals surface area contributed by atoms with Crippen LogP contribution in [0.2, 0.25) is 0 Å². The van der Waals surface area contributed by atoms with Crippen LogP contribution in [0.25, 0.3) is 0 Å². The first kappa shape index (κ1) is 63.6. The first-order valence-corrected chi connectivity index (χ1v) is 27.1. The first-order valence-electron chi connectivity index (χ1n) is 27.1. The molecule has 0 aromatic heterocycles. The van der Waals surface area contributed by atoms with E-state index in [4.69, 9.17) is 23.8 Å². The minimum atomic E-state index is -0.786. The smallest absolute Gasteiger partial charge is 0.245 e. The molecule has 16 heteroatoms. The largest absolute Gasteiger partial charge is 0.393 e. The van der Waals surface area contributed by atoms with Crippen molar-refractivity contribution in [1.29, 1.82) is 0 Å². The molecule has 16 nitrogen and oxygen atoms in total. The number of rotatable bonds is 34. The second kappa shape index (κ2) is 32.6. The molecule has 0 radical (unpaired) electrons. The molecular formula is C58H94N6O10. The number of nitrogens with zero attached hydrogens (tertiary/aromatic N) is 4. The van der Waals surface area contributed by atoms with Crippen LogP contribution in [0.1, 0.15) is 130 Å². The molecule has 74 heavy (non-hydrogen) atoms. The zero-order valence-corrected chi connectivity index (χ0v) is 47.7. The Bertz CT molecular complexity index is 2020. The number of Topliss-reactive ketones (excluding diaryl/α,β-unsaturated/α-hetero) is 1. The molecule has 0 bridgehead atoms. The molecule has 1 aliphatic rings. The predicted molar refractivity (Wildman–Crippen MR) is 292 cm³/mol. The molecule has 2 aromatic rings. The quantitative estimate of drug-likeness (QED) is 0.0408. The summed E-state index contributed by atoms with van der Waals surface area (Å²) in [6.07, 6.45) is 1.73. The van der Waals surface area contributed by atoms with E-state index >= 15 is 0 Å². The molecular weight excluding hydrogens is 941 g/mol. The average molecular weight is 1040 g/mol. The number of methoxy groups -OCH3 is 2. The van der Waals surface area contributed by atoms with Crippen LogP contribution in [-0.2, 0) is 54.2 Å². The topological polar surface area (TPSA) is 178 Å². The van der Waals surface area contributed by atoms with Gasteiger partial charge in [-0.2, -0.15) is 0 Å². The number of ketones is 1. The van der Waals surface area contributed by atoms with Crippen molar-refractivity contribution in [3.63, 3.8) is 0 Å². The van der Waals surface area contributed by atoms with E-state index in [2.05, 4.69) is 41.8 Å². The number of carbonyl (C=O) groups is 5. The van der Waals surface area contributed by atoms with Gasteiger partial charge in [0.05, 0.1) is 74.2 Å². The maximum Gasteiger partial charge on any atom is 0.245 e. The molecule has 2 aromatic carbocycles. The van der Waals surface area contributed by atoms with Crippen LogP contribution in [-0.4, -0.2) is 167 Å². The van der Waals surface area contributed by atoms with Gasteiger partial charge in [-0.05, 0) is 87.1 Å². The molecule has 0 saturated carbocycles. The zero-order chi connectivity index (χ0) is 55.1. The fourth-order valence-electron chi connectivity index (χ4n) is 10.1. The number of hydrogen-bond acceptors (Lipinski definition) is 12. The molecule has 2 N–H and O–H groups in total. The lowest BCUT2D eigenvalue weighted by atomic mass is 9.89. The first-order chi connectivity index (χ1) is 35.2. The summed E-state index contributed by atoms with van der Waals surface area (Å²) in [4.78, 5) is 81.2. The summed E-state index contributed by atoms with van der Waals surface area (Å²) in [7, 11) is 8.55. The van der Waals surface area contributed by atoms with Crippen molar-refractivity contribution in [3.05, 3.63) is 71.3 Å². The lowest BCUT2D eigenvalue weighted by Crippen LogP contribution is -2.59. The fraction of sp³-hybridized carbons (Fsp3) is 0.690. The van der Waals surface area contributed by atoms with Gasteiger partial charge >= 0.3 is 0 Å². The molecule has 9 atom stereocenters. The second-order valence-corrected chi connectivity index (χ2v) is 21.3. The van der Waals surface area contributed by atoms with Crippen LogP contribution >= 0.6 is 0 Å². The molecule has 1 fully saturated rings. The van der Waals surface area contributed by atoms with Gasteiger partial charge in [0.1, 0.15) is 12.6 Å². The van der Waals surface area contributed by atoms with E-state index in [1.54, 1.807) is 38.0 Å². The number of likely N-dealkylation sites (N-methyl/N-ethyl adjacent to an activating group) is 2. The monoisotopic (exact) mass is 1030 g/mol. The number of likely N-dealkylation sites (tertiary alicyclic amines) is 1. The highest BCUT2D eigenvalue weighted by Crippen LogP contribution is 2.30. The van der Waals surface area contributed by atoms with Gasteiger partial charge in [-0.1, -0.05) is 128 Å². The van der Waals surface area contributed by atoms with Crippen molar-refractivity contribution < 1.29 is 47.8 Å². The van der Waals surface area contributed by atoms with E-state index in [1.165, 1.54) is 5.56 Å². The summed E-state index contributed by atoms with van der Waals surface area (Å²) >= 11 is 0. The molecule has 1 heterocycles. The lowest BCUT2D eigenvalue weighted by molar-refractivity contribution is -0.148. The van der Waals surface area contributed by atoms with Gasteiger partial charge in [-0.25, -0.2) is 0 Å². The molecule has 0 spiro atoms. The Kier molecular flexibility index (Phi) is 28.0. The Morgan fingerprint density at radius 1 is 0.784 bits per heavy atom. The number of nitrogens with one attached hydrogen (secondary N) is 2. The predicted octanol–water partition coefficient (Wildman–Crippen LogP) is 7.31. The van der Waals surface area contributed by atoms with Gasteiger partial charge < -0.3 is 44.2 Å². The Labute approximate surface area is 444 Å². The SMILES string of the molecule is CC[C@@H](C)C([C@H](CC(=O)N1CCCC1[C@@H](OC)[C@H](C)C(=O)N[C@H](Cc1ccccc1)C(=O)CCCOCCOCCO/N=C(\C)c1ccc(C(C)C)cc1)OC)N(C)C(=O)[C@H](NC(=O)C(C(C)C)N(C)C)C(C)C. The van der Waals surface area contributed by atoms with Crippen molar-refractivity contribution in [1.82, 2.24) is 25.3 Å². The van der Waals surface area contributed by atoms with E-state index in [0.29, 0.717) is 64.8 Å². The zero-order valence-electron chi connectivity index (χ0n) is 47.7. The van der Waals surface area contributed by atoms with E-state index < -0.39 is 48.3 Å². The summed E-state index contributed by atoms with van der Waals surface area (Å²) < 4.78 is 23.6. The standard InChI is InChI=1S/C58H94N6O10/c1-16-41(8)54(63(13)58(69)52(39(4)5)60-57(68)53(40(6)7)62(11)12)50(70-14)37-51(66)64-30-20-24-48(64)55(71-15)42(9)56(67)59-47(36-44-22-18-17-19-23-44)49(65)25-21-31-72-32-33-73-34-35-74-61-43(10)46-28-26-45(27-29-46)38(2)3/h17-19,22-23,26-29,38-42,47-48,50,52-55H,16,20-21,24-25,30-37H2,1-15H3,(H,59,67)(H,60,68)/b61-43+/t41-,42+,47-,48?,50+,52-,53?,54?,55+/m1/s1. The van der Waals surface area contributed by atoms with E-state index in [9.17, 15) is 24.0 Å². The van der Waals surface area contributed by atoms with Gasteiger partial charge in [-0.3, -0.25) is 28.9 Å². The summed E-state index contributed by atoms with van der Waals surface area (Å²) in [5.74, 6) is -1.53. The summed E-state index contributed by atoms with van der Waals surface area (Å²) in [6.45, 7) is 22.1. The number of oxime groups is 1. The molecule has 3 unspecified atom stereocenters. The third-order valence-corrected chi connectivity index (χ3v) is 14.5. The highest BCUT2D eigenvalue weighted by molar-refractivity contribution is 5.98. The minimum Gasteiger partial charge on any atom is -0.393 e. The van der Waals surface area contributed by atoms with Crippen LogP contribution in [0.5, 0.6) is 0 Å². The Morgan fingerprint density at radius 3 is 1.99 bits per heavy atom. The molecule has 3 rings (SSSR count). The lowest BCUT2D eigenvalue weighted by Gasteiger charge is -2.41. The van der Waals surface area contributed by atoms with Crippen molar-refractivity contribution >= 4 is 35.1 Å². The van der Waals surface area contributed by atoms with Gasteiger partial charge in [0.25, 0.3) is 0 Å². The number of hydrogen-bond donors (Lipinski definition) is 2. The molecule has 4 amide bonds. The van der Waals surface area contributed by atoms with Crippen LogP contribution in [0.4, 0.5) is 0 Å². The molecule has 0 aliphatic carbocycles. The van der Waals surface area contributed by atoms with Gasteiger partial charge in [0, 0.05) is 40.8 Å². The number of carbonyl (C=O) groups excluding carboxylic acids is 5. The maximum absolute atomic E-state index is 14.5. The molecule has 416 valence electrons. The third kappa shape index (κ3) is 19.4. The average Bonchev–Trinajstić information content (AvgIpc) is 3.86. The normalized spacial score (nSPS) is 17.4. The Balaban J connectivity index is 1.61. The van der Waals surface area contributed by atoms with Crippen molar-refractivity contribution in [2.45, 2.75) is 163 Å². The highest BCUT2D eigenvalue weighted by atomic mass is 16.6. The number of amides is 4. The van der Waals surface area contributed by atoms with Gasteiger partial charge in [0.15, 0.2) is 5.78 Å². The van der Waals surface area contributed by atoms with Crippen LogP contribution in [0, 0.1) is 23.7 Å². The Morgan fingerprint density at radius 2 is 1.42 bits per heavy atom. The van der Waals surface area contributed by atoms with Gasteiger partial charge in [-0.15, -0.1) is 0 Å². The number of ether oxygens (including phenoxy) is 4. The fourth-order valence-corrected chi connectivity index (χ4v) is 10.1. The summed E-state index contributed by atoms with van der Waals surface area (Å²) in [5, 5.41) is 10.3. The van der Waals surface area contributed by atoms with Crippen LogP contribution in [0.3, 0.4) is 0 Å². The van der Waals surface area contributed by atoms with E-state index in [1.807, 2.05) is 110 Å². The van der Waals surface area contributed by atoms with E-state index in [-0.39, 0.29) is 60.0 Å². The van der Waals surface area contributed by atoms with Crippen molar-refractivity contribution in [2.24, 2.45) is 28.8 Å². The third-order valence-electron chi connectivity index (χ3n) is 14.5. The van der Waals surface area contributed by atoms with E-state index in [0.717, 1.165) is 29.7 Å². The van der Waals surface area contributed by atoms with Crippen molar-refractivity contribution in [2.75, 3.05) is 74.9 Å². The molecule has 1 saturated heterocycles. The summed E-state index contributed by atoms with van der Waals surface area (Å²) in [6, 6.07) is 15.0. The maximum atomic E-state index is 14.5. The second-order valence-electron chi connectivity index (χ2n) is 21.3.